The van der Waals surface area contributed by atoms with Crippen molar-refractivity contribution in [2.24, 2.45) is 5.73 Å². The minimum Gasteiger partial charge on any atom is -0.340 e. The van der Waals surface area contributed by atoms with Crippen LogP contribution in [-0.2, 0) is 17.8 Å². The quantitative estimate of drug-likeness (QED) is 0.920. The molecule has 1 saturated heterocycles. The highest BCUT2D eigenvalue weighted by Gasteiger charge is 2.27. The van der Waals surface area contributed by atoms with Gasteiger partial charge in [-0.05, 0) is 31.9 Å². The molecule has 1 aliphatic rings. The Morgan fingerprint density at radius 3 is 2.19 bits per heavy atom. The van der Waals surface area contributed by atoms with Crippen molar-refractivity contribution in [2.45, 2.75) is 39.3 Å². The molecule has 116 valence electrons. The van der Waals surface area contributed by atoms with Gasteiger partial charge in [0.15, 0.2) is 0 Å². The van der Waals surface area contributed by atoms with E-state index in [1.54, 1.807) is 0 Å². The van der Waals surface area contributed by atoms with Crippen molar-refractivity contribution in [3.63, 3.8) is 0 Å². The first kappa shape index (κ1) is 16.0. The Kier molecular flexibility index (Phi) is 5.01. The number of rotatable bonds is 3. The Morgan fingerprint density at radius 2 is 1.67 bits per heavy atom. The summed E-state index contributed by atoms with van der Waals surface area (Å²) in [6.07, 6.45) is 0.461. The van der Waals surface area contributed by atoms with E-state index >= 15 is 0 Å². The molecule has 0 unspecified atom stereocenters. The molecule has 0 aliphatic carbocycles. The summed E-state index contributed by atoms with van der Waals surface area (Å²) < 4.78 is 0. The monoisotopic (exact) mass is 289 g/mol. The third-order valence-electron chi connectivity index (χ3n) is 4.26. The first-order chi connectivity index (χ1) is 9.91. The van der Waals surface area contributed by atoms with Crippen LogP contribution >= 0.6 is 0 Å². The van der Waals surface area contributed by atoms with E-state index in [9.17, 15) is 4.79 Å². The van der Waals surface area contributed by atoms with E-state index in [1.165, 1.54) is 0 Å². The molecule has 4 heteroatoms. The summed E-state index contributed by atoms with van der Waals surface area (Å²) in [6, 6.07) is 7.95. The van der Waals surface area contributed by atoms with Gasteiger partial charge in [0, 0.05) is 38.3 Å². The molecule has 0 radical (unpaired) electrons. The molecule has 0 bridgehead atoms. The van der Waals surface area contributed by atoms with Crippen LogP contribution in [0.2, 0.25) is 0 Å². The van der Waals surface area contributed by atoms with Crippen LogP contribution in [0.5, 0.6) is 0 Å². The minimum atomic E-state index is 0.182. The second kappa shape index (κ2) is 6.58. The summed E-state index contributed by atoms with van der Waals surface area (Å²) >= 11 is 0. The van der Waals surface area contributed by atoms with E-state index in [1.807, 2.05) is 29.2 Å². The summed E-state index contributed by atoms with van der Waals surface area (Å²) in [4.78, 5) is 16.9. The van der Waals surface area contributed by atoms with E-state index < -0.39 is 0 Å². The van der Waals surface area contributed by atoms with Crippen molar-refractivity contribution in [2.75, 3.05) is 26.2 Å². The van der Waals surface area contributed by atoms with Crippen LogP contribution in [0, 0.1) is 0 Å². The summed E-state index contributed by atoms with van der Waals surface area (Å²) in [7, 11) is 0. The standard InChI is InChI=1S/C17H27N3O/c1-17(2,3)20-10-8-19(9-11-20)16(21)12-14-6-4-5-7-15(14)13-18/h4-7H,8-13,18H2,1-3H3. The van der Waals surface area contributed by atoms with Crippen LogP contribution in [0.3, 0.4) is 0 Å². The molecule has 0 atom stereocenters. The zero-order chi connectivity index (χ0) is 15.5. The van der Waals surface area contributed by atoms with E-state index in [4.69, 9.17) is 5.73 Å². The topological polar surface area (TPSA) is 49.6 Å². The molecule has 2 rings (SSSR count). The zero-order valence-corrected chi connectivity index (χ0v) is 13.4. The maximum atomic E-state index is 12.5. The third-order valence-corrected chi connectivity index (χ3v) is 4.26. The molecular formula is C17H27N3O. The number of amides is 1. The smallest absolute Gasteiger partial charge is 0.227 e. The number of nitrogens with zero attached hydrogens (tertiary/aromatic N) is 2. The molecule has 1 aromatic carbocycles. The number of hydrogen-bond acceptors (Lipinski definition) is 3. The number of piperazine rings is 1. The highest BCUT2D eigenvalue weighted by atomic mass is 16.2. The highest BCUT2D eigenvalue weighted by molar-refractivity contribution is 5.79. The molecule has 21 heavy (non-hydrogen) atoms. The maximum absolute atomic E-state index is 12.5. The molecule has 1 amide bonds. The van der Waals surface area contributed by atoms with Crippen LogP contribution in [-0.4, -0.2) is 47.4 Å². The lowest BCUT2D eigenvalue weighted by Gasteiger charge is -2.42. The van der Waals surface area contributed by atoms with Crippen molar-refractivity contribution >= 4 is 5.91 Å². The predicted molar refractivity (Wildman–Crippen MR) is 85.9 cm³/mol. The Balaban J connectivity index is 1.94. The Hall–Kier alpha value is -1.39. The summed E-state index contributed by atoms with van der Waals surface area (Å²) in [6.45, 7) is 10.7. The van der Waals surface area contributed by atoms with E-state index in [0.29, 0.717) is 13.0 Å². The first-order valence-electron chi connectivity index (χ1n) is 7.71. The average molecular weight is 289 g/mol. The average Bonchev–Trinajstić information content (AvgIpc) is 2.47. The van der Waals surface area contributed by atoms with Crippen molar-refractivity contribution in [1.82, 2.24) is 9.80 Å². The first-order valence-corrected chi connectivity index (χ1v) is 7.71. The van der Waals surface area contributed by atoms with Crippen LogP contribution in [0.1, 0.15) is 31.9 Å². The molecule has 0 saturated carbocycles. The lowest BCUT2D eigenvalue weighted by atomic mass is 10.0. The number of carbonyl (C=O) groups excluding carboxylic acids is 1. The molecule has 0 spiro atoms. The predicted octanol–water partition coefficient (Wildman–Crippen LogP) is 1.63. The van der Waals surface area contributed by atoms with Crippen LogP contribution < -0.4 is 5.73 Å². The number of nitrogens with two attached hydrogens (primary N) is 1. The van der Waals surface area contributed by atoms with Gasteiger partial charge in [-0.25, -0.2) is 0 Å². The van der Waals surface area contributed by atoms with Crippen LogP contribution in [0.25, 0.3) is 0 Å². The van der Waals surface area contributed by atoms with Gasteiger partial charge in [0.25, 0.3) is 0 Å². The third kappa shape index (κ3) is 4.05. The molecule has 1 heterocycles. The van der Waals surface area contributed by atoms with Gasteiger partial charge in [0.2, 0.25) is 5.91 Å². The van der Waals surface area contributed by atoms with Gasteiger partial charge in [0.1, 0.15) is 0 Å². The van der Waals surface area contributed by atoms with Gasteiger partial charge in [-0.1, -0.05) is 24.3 Å². The fourth-order valence-electron chi connectivity index (χ4n) is 2.83. The van der Waals surface area contributed by atoms with Crippen LogP contribution in [0.15, 0.2) is 24.3 Å². The van der Waals surface area contributed by atoms with E-state index in [0.717, 1.165) is 37.3 Å². The fraction of sp³-hybridized carbons (Fsp3) is 0.588. The SMILES string of the molecule is CC(C)(C)N1CCN(C(=O)Cc2ccccc2CN)CC1. The van der Waals surface area contributed by atoms with Gasteiger partial charge in [0.05, 0.1) is 6.42 Å². The van der Waals surface area contributed by atoms with Crippen molar-refractivity contribution in [1.29, 1.82) is 0 Å². The normalized spacial score (nSPS) is 17.0. The molecule has 1 aromatic rings. The molecule has 4 nitrogen and oxygen atoms in total. The molecule has 2 N–H and O–H groups in total. The van der Waals surface area contributed by atoms with Gasteiger partial charge in [-0.2, -0.15) is 0 Å². The largest absolute Gasteiger partial charge is 0.340 e. The second-order valence-corrected chi connectivity index (χ2v) is 6.69. The fourth-order valence-corrected chi connectivity index (χ4v) is 2.83. The Labute approximate surface area is 127 Å². The molecular weight excluding hydrogens is 262 g/mol. The number of benzene rings is 1. The molecule has 1 fully saturated rings. The summed E-state index contributed by atoms with van der Waals surface area (Å²) in [5.74, 6) is 0.212. The maximum Gasteiger partial charge on any atom is 0.227 e. The lowest BCUT2D eigenvalue weighted by Crippen LogP contribution is -2.54. The van der Waals surface area contributed by atoms with Crippen LogP contribution in [0.4, 0.5) is 0 Å². The Morgan fingerprint density at radius 1 is 1.10 bits per heavy atom. The van der Waals surface area contributed by atoms with Gasteiger partial charge < -0.3 is 10.6 Å². The molecule has 1 aliphatic heterocycles. The molecule has 0 aromatic heterocycles. The summed E-state index contributed by atoms with van der Waals surface area (Å²) in [5.41, 5.74) is 8.05. The highest BCUT2D eigenvalue weighted by Crippen LogP contribution is 2.17. The minimum absolute atomic E-state index is 0.182. The summed E-state index contributed by atoms with van der Waals surface area (Å²) in [5, 5.41) is 0. The van der Waals surface area contributed by atoms with E-state index in [2.05, 4.69) is 25.7 Å². The van der Waals surface area contributed by atoms with Crippen molar-refractivity contribution < 1.29 is 4.79 Å². The lowest BCUT2D eigenvalue weighted by molar-refractivity contribution is -0.133. The van der Waals surface area contributed by atoms with E-state index in [-0.39, 0.29) is 11.4 Å². The van der Waals surface area contributed by atoms with Crippen molar-refractivity contribution in [3.05, 3.63) is 35.4 Å². The van der Waals surface area contributed by atoms with Gasteiger partial charge in [-0.3, -0.25) is 9.69 Å². The Bertz CT molecular complexity index is 485. The number of hydrogen-bond donors (Lipinski definition) is 1. The zero-order valence-electron chi connectivity index (χ0n) is 13.4. The second-order valence-electron chi connectivity index (χ2n) is 6.69. The number of carbonyl (C=O) groups is 1. The van der Waals surface area contributed by atoms with Crippen molar-refractivity contribution in [3.8, 4) is 0 Å². The van der Waals surface area contributed by atoms with Gasteiger partial charge in [-0.15, -0.1) is 0 Å². The van der Waals surface area contributed by atoms with Gasteiger partial charge >= 0.3 is 0 Å².